The standard InChI is InChI=1S/C17H20O4S/c1-10-5-3-4-6-14(10)22-9-12-11-7-17(19)16(2,8-13(11)18)20-15(12)21-17/h3-6,11-12,15,19H,7-9H2,1-2H3/t11-,12?,15+,16+,17+/m1/s1. The lowest BCUT2D eigenvalue weighted by Gasteiger charge is -2.45. The van der Waals surface area contributed by atoms with Crippen molar-refractivity contribution in [3.05, 3.63) is 29.8 Å². The molecule has 3 fully saturated rings. The van der Waals surface area contributed by atoms with Gasteiger partial charge < -0.3 is 14.6 Å². The Morgan fingerprint density at radius 3 is 2.91 bits per heavy atom. The van der Waals surface area contributed by atoms with Gasteiger partial charge in [-0.15, -0.1) is 11.8 Å². The minimum Gasteiger partial charge on any atom is -0.363 e. The van der Waals surface area contributed by atoms with E-state index in [2.05, 4.69) is 19.1 Å². The molecule has 1 saturated carbocycles. The quantitative estimate of drug-likeness (QED) is 0.867. The minimum atomic E-state index is -1.29. The molecule has 22 heavy (non-hydrogen) atoms. The summed E-state index contributed by atoms with van der Waals surface area (Å²) in [4.78, 5) is 13.6. The third-order valence-electron chi connectivity index (χ3n) is 5.33. The fourth-order valence-electron chi connectivity index (χ4n) is 3.86. The van der Waals surface area contributed by atoms with Crippen molar-refractivity contribution in [2.45, 2.75) is 49.3 Å². The van der Waals surface area contributed by atoms with Crippen LogP contribution in [-0.4, -0.2) is 34.3 Å². The zero-order valence-electron chi connectivity index (χ0n) is 12.7. The van der Waals surface area contributed by atoms with Crippen LogP contribution in [0.3, 0.4) is 0 Å². The van der Waals surface area contributed by atoms with E-state index in [0.29, 0.717) is 6.42 Å². The third kappa shape index (κ3) is 1.99. The first-order chi connectivity index (χ1) is 10.4. The molecule has 2 aliphatic heterocycles. The summed E-state index contributed by atoms with van der Waals surface area (Å²) in [6.45, 7) is 3.88. The number of hydrogen-bond acceptors (Lipinski definition) is 5. The van der Waals surface area contributed by atoms with Crippen molar-refractivity contribution in [1.82, 2.24) is 0 Å². The molecule has 3 aliphatic rings. The first-order valence-corrected chi connectivity index (χ1v) is 8.70. The van der Waals surface area contributed by atoms with E-state index in [1.807, 2.05) is 12.1 Å². The minimum absolute atomic E-state index is 0.00158. The molecule has 1 aliphatic carbocycles. The number of ether oxygens (including phenoxy) is 2. The molecule has 1 aromatic carbocycles. The maximum absolute atomic E-state index is 12.4. The Balaban J connectivity index is 1.56. The number of fused-ring (bicyclic) bond motifs is 2. The number of hydrogen-bond donors (Lipinski definition) is 1. The lowest BCUT2D eigenvalue weighted by molar-refractivity contribution is -0.266. The van der Waals surface area contributed by atoms with E-state index in [9.17, 15) is 9.90 Å². The van der Waals surface area contributed by atoms with Crippen LogP contribution >= 0.6 is 11.8 Å². The number of thioether (sulfide) groups is 1. The lowest BCUT2D eigenvalue weighted by Crippen LogP contribution is -2.59. The van der Waals surface area contributed by atoms with Crippen molar-refractivity contribution in [1.29, 1.82) is 0 Å². The number of rotatable bonds is 3. The molecule has 1 aromatic rings. The number of carbonyl (C=O) groups is 1. The highest BCUT2D eigenvalue weighted by Gasteiger charge is 2.69. The van der Waals surface area contributed by atoms with Gasteiger partial charge in [0.1, 0.15) is 11.4 Å². The lowest BCUT2D eigenvalue weighted by atomic mass is 9.70. The SMILES string of the molecule is Cc1ccccc1SCC1[C@H]2O[C@@]3(C)CC(=O)[C@@H]1C[C@]3(O)O2. The van der Waals surface area contributed by atoms with Crippen LogP contribution in [-0.2, 0) is 14.3 Å². The maximum atomic E-state index is 12.4. The fourth-order valence-corrected chi connectivity index (χ4v) is 5.09. The topological polar surface area (TPSA) is 55.8 Å². The van der Waals surface area contributed by atoms with Gasteiger partial charge in [0.05, 0.1) is 0 Å². The van der Waals surface area contributed by atoms with Gasteiger partial charge in [0.25, 0.3) is 0 Å². The Labute approximate surface area is 134 Å². The van der Waals surface area contributed by atoms with Gasteiger partial charge in [-0.2, -0.15) is 0 Å². The summed E-state index contributed by atoms with van der Waals surface area (Å²) in [5.74, 6) is -0.482. The van der Waals surface area contributed by atoms with E-state index >= 15 is 0 Å². The number of aliphatic hydroxyl groups is 1. The number of benzene rings is 1. The molecule has 0 aromatic heterocycles. The second-order valence-electron chi connectivity index (χ2n) is 6.81. The van der Waals surface area contributed by atoms with Crippen LogP contribution in [0.4, 0.5) is 0 Å². The summed E-state index contributed by atoms with van der Waals surface area (Å²) in [7, 11) is 0. The number of aryl methyl sites for hydroxylation is 1. The van der Waals surface area contributed by atoms with Crippen molar-refractivity contribution in [3.63, 3.8) is 0 Å². The summed E-state index contributed by atoms with van der Waals surface area (Å²) in [6.07, 6.45) is 0.130. The normalized spacial score (nSPS) is 42.9. The summed E-state index contributed by atoms with van der Waals surface area (Å²) in [5, 5.41) is 10.6. The van der Waals surface area contributed by atoms with Crippen LogP contribution < -0.4 is 0 Å². The fraction of sp³-hybridized carbons (Fsp3) is 0.588. The van der Waals surface area contributed by atoms with E-state index in [1.165, 1.54) is 10.5 Å². The van der Waals surface area contributed by atoms with Crippen LogP contribution in [0.1, 0.15) is 25.3 Å². The molecule has 4 nitrogen and oxygen atoms in total. The molecule has 0 spiro atoms. The van der Waals surface area contributed by atoms with Gasteiger partial charge in [-0.1, -0.05) is 18.2 Å². The monoisotopic (exact) mass is 320 g/mol. The van der Waals surface area contributed by atoms with E-state index in [1.54, 1.807) is 18.7 Å². The van der Waals surface area contributed by atoms with Crippen molar-refractivity contribution < 1.29 is 19.4 Å². The molecule has 5 atom stereocenters. The zero-order chi connectivity index (χ0) is 15.5. The summed E-state index contributed by atoms with van der Waals surface area (Å²) >= 11 is 1.73. The van der Waals surface area contributed by atoms with Gasteiger partial charge in [0, 0.05) is 35.3 Å². The second-order valence-corrected chi connectivity index (χ2v) is 7.88. The van der Waals surface area contributed by atoms with Crippen LogP contribution in [0.25, 0.3) is 0 Å². The van der Waals surface area contributed by atoms with Crippen LogP contribution in [0, 0.1) is 18.8 Å². The number of ketones is 1. The van der Waals surface area contributed by atoms with Gasteiger partial charge in [0.15, 0.2) is 12.1 Å². The van der Waals surface area contributed by atoms with Crippen molar-refractivity contribution in [2.75, 3.05) is 5.75 Å². The van der Waals surface area contributed by atoms with Crippen LogP contribution in [0.15, 0.2) is 29.2 Å². The molecule has 0 radical (unpaired) electrons. The molecule has 3 bridgehead atoms. The first-order valence-electron chi connectivity index (χ1n) is 7.71. The molecule has 4 rings (SSSR count). The van der Waals surface area contributed by atoms with Gasteiger partial charge in [0.2, 0.25) is 0 Å². The van der Waals surface area contributed by atoms with Gasteiger partial charge >= 0.3 is 0 Å². The van der Waals surface area contributed by atoms with Crippen molar-refractivity contribution in [2.24, 2.45) is 11.8 Å². The zero-order valence-corrected chi connectivity index (χ0v) is 13.6. The molecule has 2 heterocycles. The molecular formula is C17H20O4S. The highest BCUT2D eigenvalue weighted by atomic mass is 32.2. The van der Waals surface area contributed by atoms with E-state index in [0.717, 1.165) is 5.75 Å². The van der Waals surface area contributed by atoms with E-state index < -0.39 is 17.7 Å². The number of Topliss-reactive ketones (excluding diaryl/α,β-unsaturated/α-hetero) is 1. The maximum Gasteiger partial charge on any atom is 0.198 e. The number of carbonyl (C=O) groups excluding carboxylic acids is 1. The largest absolute Gasteiger partial charge is 0.363 e. The summed E-state index contributed by atoms with van der Waals surface area (Å²) < 4.78 is 11.7. The summed E-state index contributed by atoms with van der Waals surface area (Å²) in [5.41, 5.74) is 0.350. The Bertz CT molecular complexity index is 633. The average Bonchev–Trinajstić information content (AvgIpc) is 2.62. The van der Waals surface area contributed by atoms with Gasteiger partial charge in [-0.05, 0) is 25.5 Å². The Kier molecular flexibility index (Phi) is 3.21. The Hall–Kier alpha value is -0.880. The molecule has 5 heteroatoms. The Morgan fingerprint density at radius 2 is 2.14 bits per heavy atom. The Morgan fingerprint density at radius 1 is 1.36 bits per heavy atom. The first kappa shape index (κ1) is 14.7. The highest BCUT2D eigenvalue weighted by Crippen LogP contribution is 2.56. The molecule has 1 N–H and O–H groups in total. The van der Waals surface area contributed by atoms with Gasteiger partial charge in [-0.3, -0.25) is 4.79 Å². The molecule has 1 unspecified atom stereocenters. The predicted octanol–water partition coefficient (Wildman–Crippen LogP) is 2.52. The van der Waals surface area contributed by atoms with Crippen LogP contribution in [0.2, 0.25) is 0 Å². The highest BCUT2D eigenvalue weighted by molar-refractivity contribution is 7.99. The average molecular weight is 320 g/mol. The molecule has 0 amide bonds. The van der Waals surface area contributed by atoms with Crippen molar-refractivity contribution in [3.8, 4) is 0 Å². The third-order valence-corrected chi connectivity index (χ3v) is 6.65. The van der Waals surface area contributed by atoms with E-state index in [-0.39, 0.29) is 24.0 Å². The molecule has 118 valence electrons. The predicted molar refractivity (Wildman–Crippen MR) is 82.4 cm³/mol. The summed E-state index contributed by atoms with van der Waals surface area (Å²) in [6, 6.07) is 8.23. The smallest absolute Gasteiger partial charge is 0.198 e. The van der Waals surface area contributed by atoms with Gasteiger partial charge in [-0.25, -0.2) is 0 Å². The second kappa shape index (κ2) is 4.81. The van der Waals surface area contributed by atoms with Crippen molar-refractivity contribution >= 4 is 17.5 Å². The van der Waals surface area contributed by atoms with Crippen LogP contribution in [0.5, 0.6) is 0 Å². The molecule has 2 saturated heterocycles. The van der Waals surface area contributed by atoms with E-state index in [4.69, 9.17) is 9.47 Å². The molecular weight excluding hydrogens is 300 g/mol.